The normalized spacial score (nSPS) is 12.6. The molecule has 2 aromatic carbocycles. The summed E-state index contributed by atoms with van der Waals surface area (Å²) in [5.74, 6) is 0. The van der Waals surface area contributed by atoms with Crippen LogP contribution in [0.15, 0.2) is 97.6 Å². The Balaban J connectivity index is 1.11. The Kier molecular flexibility index (Phi) is 12.6. The second-order valence-electron chi connectivity index (χ2n) is 9.19. The number of nitrogens with one attached hydrogen (secondary N) is 2. The molecule has 0 aliphatic heterocycles. The second kappa shape index (κ2) is 15.9. The second-order valence-corrected chi connectivity index (χ2v) is 14.6. The highest BCUT2D eigenvalue weighted by Gasteiger charge is 2.15. The van der Waals surface area contributed by atoms with Crippen LogP contribution in [0.3, 0.4) is 0 Å². The van der Waals surface area contributed by atoms with Crippen molar-refractivity contribution < 1.29 is 9.13 Å². The van der Waals surface area contributed by atoms with Crippen molar-refractivity contribution in [3.63, 3.8) is 0 Å². The maximum atomic E-state index is 3.47. The molecule has 0 aliphatic rings. The molecule has 2 aromatic heterocycles. The number of pyridine rings is 2. The van der Waals surface area contributed by atoms with Crippen molar-refractivity contribution in [3.8, 4) is 0 Å². The third-order valence-corrected chi connectivity index (χ3v) is 10.2. The van der Waals surface area contributed by atoms with E-state index in [1.807, 2.05) is 0 Å². The fourth-order valence-electron chi connectivity index (χ4n) is 4.09. The van der Waals surface area contributed by atoms with Crippen molar-refractivity contribution >= 4 is 113 Å². The van der Waals surface area contributed by atoms with Gasteiger partial charge in [-0.15, -0.1) is 0 Å². The highest BCUT2D eigenvalue weighted by molar-refractivity contribution is 14.1. The SMILES string of the molecule is Ic1ccc(Nc2cc[n+](C(I)CCCCCCC(I)[n+]3ccc(Nc4ccc(I)cc4)cc3)cc2)cc1. The predicted octanol–water partition coefficient (Wildman–Crippen LogP) is 9.87. The molecule has 0 fully saturated rings. The van der Waals surface area contributed by atoms with Crippen LogP contribution in [0.1, 0.15) is 46.6 Å². The molecule has 2 atom stereocenters. The average molecular weight is 956 g/mol. The first-order valence-corrected chi connectivity index (χ1v) is 17.5. The number of benzene rings is 2. The maximum Gasteiger partial charge on any atom is 0.207 e. The van der Waals surface area contributed by atoms with Gasteiger partial charge in [0.15, 0.2) is 24.8 Å². The number of nitrogens with zero attached hydrogens (tertiary/aromatic N) is 2. The molecule has 0 bridgehead atoms. The molecule has 198 valence electrons. The van der Waals surface area contributed by atoms with Crippen LogP contribution in [0.2, 0.25) is 0 Å². The Labute approximate surface area is 281 Å². The predicted molar refractivity (Wildman–Crippen MR) is 192 cm³/mol. The van der Waals surface area contributed by atoms with Gasteiger partial charge in [-0.25, -0.2) is 0 Å². The summed E-state index contributed by atoms with van der Waals surface area (Å²) < 4.78 is 8.09. The van der Waals surface area contributed by atoms with Crippen LogP contribution in [-0.2, 0) is 0 Å². The van der Waals surface area contributed by atoms with Crippen molar-refractivity contribution in [2.24, 2.45) is 0 Å². The maximum absolute atomic E-state index is 3.47. The Hall–Kier alpha value is -0.740. The van der Waals surface area contributed by atoms with Crippen LogP contribution in [0, 0.1) is 7.14 Å². The number of hydrogen-bond acceptors (Lipinski definition) is 2. The highest BCUT2D eigenvalue weighted by atomic mass is 127. The van der Waals surface area contributed by atoms with Crippen LogP contribution in [0.4, 0.5) is 22.7 Å². The van der Waals surface area contributed by atoms with Gasteiger partial charge in [0.1, 0.15) is 0 Å². The first-order valence-electron chi connectivity index (χ1n) is 12.8. The van der Waals surface area contributed by atoms with Crippen molar-refractivity contribution in [2.75, 3.05) is 10.6 Å². The van der Waals surface area contributed by atoms with E-state index in [1.165, 1.54) is 45.7 Å². The first-order chi connectivity index (χ1) is 18.5. The van der Waals surface area contributed by atoms with Crippen LogP contribution in [0.25, 0.3) is 0 Å². The Morgan fingerprint density at radius 1 is 0.474 bits per heavy atom. The fraction of sp³-hybridized carbons (Fsp3) is 0.267. The van der Waals surface area contributed by atoms with E-state index in [0.29, 0.717) is 8.10 Å². The molecular weight excluding hydrogens is 924 g/mol. The largest absolute Gasteiger partial charge is 0.355 e. The summed E-state index contributed by atoms with van der Waals surface area (Å²) in [5, 5.41) is 6.95. The van der Waals surface area contributed by atoms with Crippen LogP contribution >= 0.6 is 90.4 Å². The number of anilines is 4. The van der Waals surface area contributed by atoms with Gasteiger partial charge in [-0.2, -0.15) is 9.13 Å². The molecule has 0 aliphatic carbocycles. The zero-order chi connectivity index (χ0) is 26.7. The number of aromatic nitrogens is 2. The van der Waals surface area contributed by atoms with Gasteiger partial charge in [0, 0.05) is 55.6 Å². The summed E-state index contributed by atoms with van der Waals surface area (Å²) in [7, 11) is 0. The number of alkyl halides is 2. The van der Waals surface area contributed by atoms with E-state index in [4.69, 9.17) is 0 Å². The van der Waals surface area contributed by atoms with E-state index >= 15 is 0 Å². The monoisotopic (exact) mass is 956 g/mol. The van der Waals surface area contributed by atoms with Gasteiger partial charge < -0.3 is 10.6 Å². The van der Waals surface area contributed by atoms with Crippen LogP contribution in [-0.4, -0.2) is 0 Å². The molecule has 2 unspecified atom stereocenters. The molecule has 2 heterocycles. The Morgan fingerprint density at radius 3 is 1.13 bits per heavy atom. The topological polar surface area (TPSA) is 31.8 Å². The average Bonchev–Trinajstić information content (AvgIpc) is 2.94. The quantitative estimate of drug-likeness (QED) is 0.0606. The molecule has 4 rings (SSSR count). The summed E-state index contributed by atoms with van der Waals surface area (Å²) in [5.41, 5.74) is 4.48. The Bertz CT molecular complexity index is 1150. The zero-order valence-corrected chi connectivity index (χ0v) is 29.7. The van der Waals surface area contributed by atoms with Gasteiger partial charge in [-0.05, 0) is 152 Å². The van der Waals surface area contributed by atoms with E-state index in [9.17, 15) is 0 Å². The van der Waals surface area contributed by atoms with Crippen molar-refractivity contribution in [1.82, 2.24) is 0 Å². The lowest BCUT2D eigenvalue weighted by Gasteiger charge is -2.09. The number of hydrogen-bond donors (Lipinski definition) is 2. The van der Waals surface area contributed by atoms with Gasteiger partial charge in [-0.1, -0.05) is 12.8 Å². The fourth-order valence-corrected chi connectivity index (χ4v) is 6.44. The van der Waals surface area contributed by atoms with Crippen LogP contribution < -0.4 is 19.8 Å². The highest BCUT2D eigenvalue weighted by Crippen LogP contribution is 2.23. The van der Waals surface area contributed by atoms with E-state index in [0.717, 1.165) is 22.7 Å². The van der Waals surface area contributed by atoms with E-state index < -0.39 is 0 Å². The third-order valence-electron chi connectivity index (χ3n) is 6.25. The summed E-state index contributed by atoms with van der Waals surface area (Å²) in [4.78, 5) is 0. The van der Waals surface area contributed by atoms with Crippen molar-refractivity contribution in [1.29, 1.82) is 0 Å². The summed E-state index contributed by atoms with van der Waals surface area (Å²) in [6.45, 7) is 0. The molecule has 0 amide bonds. The van der Waals surface area contributed by atoms with E-state index in [-0.39, 0.29) is 0 Å². The van der Waals surface area contributed by atoms with Gasteiger partial charge in [-0.3, -0.25) is 0 Å². The molecular formula is C30H32I4N4+2. The lowest BCUT2D eigenvalue weighted by atomic mass is 10.1. The van der Waals surface area contributed by atoms with Gasteiger partial charge >= 0.3 is 0 Å². The van der Waals surface area contributed by atoms with Crippen LogP contribution in [0.5, 0.6) is 0 Å². The molecule has 38 heavy (non-hydrogen) atoms. The smallest absolute Gasteiger partial charge is 0.207 e. The minimum absolute atomic E-state index is 0.486. The lowest BCUT2D eigenvalue weighted by Crippen LogP contribution is -2.35. The first kappa shape index (κ1) is 30.2. The lowest BCUT2D eigenvalue weighted by molar-refractivity contribution is -0.695. The summed E-state index contributed by atoms with van der Waals surface area (Å²) in [6.07, 6.45) is 16.3. The standard InChI is InChI=1S/C30H30I4N4/c31-23-7-11-25(12-8-23)35-27-15-19-37(20-16-27)29(33)5-3-1-2-4-6-30(34)38-21-17-28(18-22-38)36-26-13-9-24(32)10-14-26/h7-22,29-30H,1-6H2/p+2. The summed E-state index contributed by atoms with van der Waals surface area (Å²) >= 11 is 9.80. The third kappa shape index (κ3) is 10.0. The van der Waals surface area contributed by atoms with E-state index in [1.54, 1.807) is 0 Å². The molecule has 2 N–H and O–H groups in total. The molecule has 8 heteroatoms. The molecule has 0 saturated heterocycles. The number of unbranched alkanes of at least 4 members (excludes halogenated alkanes) is 3. The number of halogens is 4. The molecule has 4 nitrogen and oxygen atoms in total. The molecule has 0 spiro atoms. The summed E-state index contributed by atoms with van der Waals surface area (Å²) in [6, 6.07) is 25.6. The van der Waals surface area contributed by atoms with Crippen molar-refractivity contribution in [2.45, 2.75) is 46.6 Å². The van der Waals surface area contributed by atoms with Gasteiger partial charge in [0.05, 0.1) is 11.4 Å². The Morgan fingerprint density at radius 2 is 0.789 bits per heavy atom. The zero-order valence-electron chi connectivity index (χ0n) is 21.0. The minimum Gasteiger partial charge on any atom is -0.355 e. The van der Waals surface area contributed by atoms with Gasteiger partial charge in [0.25, 0.3) is 0 Å². The minimum atomic E-state index is 0.486. The molecule has 0 radical (unpaired) electrons. The van der Waals surface area contributed by atoms with E-state index in [2.05, 4.69) is 208 Å². The number of rotatable bonds is 13. The van der Waals surface area contributed by atoms with Crippen molar-refractivity contribution in [3.05, 3.63) is 105 Å². The molecule has 4 aromatic rings. The molecule has 0 saturated carbocycles. The van der Waals surface area contributed by atoms with Gasteiger partial charge in [0.2, 0.25) is 8.10 Å².